The summed E-state index contributed by atoms with van der Waals surface area (Å²) in [5.41, 5.74) is 11.3. The summed E-state index contributed by atoms with van der Waals surface area (Å²) in [5.74, 6) is 1.21. The summed E-state index contributed by atoms with van der Waals surface area (Å²) < 4.78 is 15.4. The SMILES string of the molecule is CCNc1c(OC)cc(CNOc2ccccc2SO)c(Br)c1N. The zero-order chi connectivity index (χ0) is 17.5. The Bertz CT molecular complexity index is 701. The lowest BCUT2D eigenvalue weighted by Gasteiger charge is -2.17. The topological polar surface area (TPSA) is 88.8 Å². The average molecular weight is 414 g/mol. The maximum absolute atomic E-state index is 9.23. The van der Waals surface area contributed by atoms with Crippen molar-refractivity contribution in [3.63, 3.8) is 0 Å². The number of hydrogen-bond acceptors (Lipinski definition) is 7. The molecular formula is C16H20BrN3O3S. The van der Waals surface area contributed by atoms with Gasteiger partial charge in [-0.25, -0.2) is 0 Å². The van der Waals surface area contributed by atoms with Crippen LogP contribution in [-0.4, -0.2) is 18.2 Å². The largest absolute Gasteiger partial charge is 0.494 e. The lowest BCUT2D eigenvalue weighted by atomic mass is 10.1. The Morgan fingerprint density at radius 2 is 2.04 bits per heavy atom. The van der Waals surface area contributed by atoms with Crippen LogP contribution >= 0.6 is 28.0 Å². The summed E-state index contributed by atoms with van der Waals surface area (Å²) in [6.45, 7) is 3.13. The summed E-state index contributed by atoms with van der Waals surface area (Å²) in [7, 11) is 1.60. The first-order chi connectivity index (χ1) is 11.6. The van der Waals surface area contributed by atoms with Gasteiger partial charge in [0.2, 0.25) is 0 Å². The predicted octanol–water partition coefficient (Wildman–Crippen LogP) is 4.12. The first-order valence-corrected chi connectivity index (χ1v) is 8.87. The maximum atomic E-state index is 9.23. The second-order valence-corrected chi connectivity index (χ2v) is 6.25. The number of halogens is 1. The fourth-order valence-corrected chi connectivity index (χ4v) is 2.95. The van der Waals surface area contributed by atoms with Gasteiger partial charge < -0.3 is 25.2 Å². The van der Waals surface area contributed by atoms with Crippen molar-refractivity contribution in [1.29, 1.82) is 0 Å². The van der Waals surface area contributed by atoms with Crippen molar-refractivity contribution in [3.8, 4) is 11.5 Å². The zero-order valence-corrected chi connectivity index (χ0v) is 15.8. The highest BCUT2D eigenvalue weighted by Crippen LogP contribution is 2.39. The van der Waals surface area contributed by atoms with Crippen LogP contribution in [-0.2, 0) is 6.54 Å². The van der Waals surface area contributed by atoms with Crippen LogP contribution in [0.5, 0.6) is 11.5 Å². The van der Waals surface area contributed by atoms with Crippen LogP contribution in [0.2, 0.25) is 0 Å². The minimum Gasteiger partial charge on any atom is -0.494 e. The van der Waals surface area contributed by atoms with E-state index in [0.29, 0.717) is 40.7 Å². The Morgan fingerprint density at radius 3 is 2.71 bits per heavy atom. The van der Waals surface area contributed by atoms with Crippen molar-refractivity contribution in [2.24, 2.45) is 0 Å². The van der Waals surface area contributed by atoms with E-state index in [9.17, 15) is 4.55 Å². The van der Waals surface area contributed by atoms with E-state index in [0.717, 1.165) is 22.3 Å². The molecule has 0 bridgehead atoms. The fourth-order valence-electron chi connectivity index (χ4n) is 2.16. The van der Waals surface area contributed by atoms with Crippen LogP contribution in [0.1, 0.15) is 12.5 Å². The molecule has 0 aliphatic heterocycles. The molecule has 5 N–H and O–H groups in total. The van der Waals surface area contributed by atoms with Crippen LogP contribution in [0.15, 0.2) is 39.7 Å². The number of hydroxylamine groups is 1. The minimum atomic E-state index is 0.401. The van der Waals surface area contributed by atoms with E-state index in [1.165, 1.54) is 0 Å². The van der Waals surface area contributed by atoms with E-state index >= 15 is 0 Å². The number of nitrogens with two attached hydrogens (primary N) is 1. The summed E-state index contributed by atoms with van der Waals surface area (Å²) in [4.78, 5) is 6.16. The van der Waals surface area contributed by atoms with Crippen molar-refractivity contribution in [1.82, 2.24) is 5.48 Å². The fraction of sp³-hybridized carbons (Fsp3) is 0.250. The third-order valence-electron chi connectivity index (χ3n) is 3.31. The van der Waals surface area contributed by atoms with Crippen LogP contribution < -0.4 is 26.1 Å². The van der Waals surface area contributed by atoms with Gasteiger partial charge in [0.1, 0.15) is 11.4 Å². The number of nitrogen functional groups attached to an aromatic ring is 1. The Morgan fingerprint density at radius 1 is 1.29 bits per heavy atom. The number of anilines is 2. The van der Waals surface area contributed by atoms with Crippen LogP contribution in [0.3, 0.4) is 0 Å². The van der Waals surface area contributed by atoms with E-state index in [1.54, 1.807) is 19.2 Å². The van der Waals surface area contributed by atoms with E-state index in [4.69, 9.17) is 15.3 Å². The molecule has 6 nitrogen and oxygen atoms in total. The second-order valence-electron chi connectivity index (χ2n) is 4.83. The Balaban J connectivity index is 2.14. The molecule has 2 aromatic rings. The van der Waals surface area contributed by atoms with Gasteiger partial charge in [0.25, 0.3) is 0 Å². The highest BCUT2D eigenvalue weighted by Gasteiger charge is 2.15. The highest BCUT2D eigenvalue weighted by atomic mass is 79.9. The molecule has 0 saturated heterocycles. The third-order valence-corrected chi connectivity index (χ3v) is 4.78. The van der Waals surface area contributed by atoms with Crippen LogP contribution in [0.4, 0.5) is 11.4 Å². The molecule has 0 saturated carbocycles. The molecule has 2 aromatic carbocycles. The third kappa shape index (κ3) is 4.27. The number of hydrogen-bond donors (Lipinski definition) is 4. The van der Waals surface area contributed by atoms with Gasteiger partial charge in [-0.1, -0.05) is 12.1 Å². The number of nitrogens with one attached hydrogen (secondary N) is 2. The Hall–Kier alpha value is -1.61. The standard InChI is InChI=1S/C16H20BrN3O3S/c1-3-19-16-12(22-2)8-10(14(17)15(16)18)9-20-23-11-6-4-5-7-13(11)24-21/h4-8,19-21H,3,9,18H2,1-2H3. The molecule has 0 atom stereocenters. The molecule has 24 heavy (non-hydrogen) atoms. The minimum absolute atomic E-state index is 0.401. The molecule has 8 heteroatoms. The zero-order valence-electron chi connectivity index (χ0n) is 13.4. The lowest BCUT2D eigenvalue weighted by molar-refractivity contribution is 0.185. The maximum Gasteiger partial charge on any atom is 0.163 e. The molecule has 130 valence electrons. The van der Waals surface area contributed by atoms with Gasteiger partial charge in [-0.15, -0.1) is 0 Å². The first-order valence-electron chi connectivity index (χ1n) is 7.31. The van der Waals surface area contributed by atoms with Gasteiger partial charge >= 0.3 is 0 Å². The molecule has 0 aliphatic carbocycles. The molecule has 0 fully saturated rings. The lowest BCUT2D eigenvalue weighted by Crippen LogP contribution is -2.19. The van der Waals surface area contributed by atoms with Gasteiger partial charge in [0.15, 0.2) is 5.75 Å². The molecule has 0 spiro atoms. The number of ether oxygens (including phenoxy) is 1. The van der Waals surface area contributed by atoms with Crippen LogP contribution in [0.25, 0.3) is 0 Å². The summed E-state index contributed by atoms with van der Waals surface area (Å²) in [6.07, 6.45) is 0. The van der Waals surface area contributed by atoms with Crippen molar-refractivity contribution < 1.29 is 14.1 Å². The van der Waals surface area contributed by atoms with Crippen LogP contribution in [0, 0.1) is 0 Å². The second kappa shape index (κ2) is 9.03. The molecule has 0 aromatic heterocycles. The van der Waals surface area contributed by atoms with Gasteiger partial charge in [0.05, 0.1) is 24.2 Å². The van der Waals surface area contributed by atoms with Gasteiger partial charge in [-0.05, 0) is 46.6 Å². The van der Waals surface area contributed by atoms with Gasteiger partial charge in [0, 0.05) is 23.1 Å². The van der Waals surface area contributed by atoms with Gasteiger partial charge in [-0.2, -0.15) is 5.48 Å². The Labute approximate surface area is 154 Å². The number of benzene rings is 2. The van der Waals surface area contributed by atoms with E-state index in [1.807, 2.05) is 25.1 Å². The molecule has 0 radical (unpaired) electrons. The molecule has 0 unspecified atom stereocenters. The van der Waals surface area contributed by atoms with E-state index < -0.39 is 0 Å². The predicted molar refractivity (Wildman–Crippen MR) is 102 cm³/mol. The summed E-state index contributed by atoms with van der Waals surface area (Å²) in [6, 6.07) is 9.08. The quantitative estimate of drug-likeness (QED) is 0.294. The monoisotopic (exact) mass is 413 g/mol. The molecule has 0 amide bonds. The smallest absolute Gasteiger partial charge is 0.163 e. The van der Waals surface area contributed by atoms with Crippen molar-refractivity contribution in [2.75, 3.05) is 24.7 Å². The molecule has 0 aliphatic rings. The van der Waals surface area contributed by atoms with Crippen molar-refractivity contribution in [3.05, 3.63) is 40.4 Å². The Kier molecular flexibility index (Phi) is 7.04. The van der Waals surface area contributed by atoms with E-state index in [2.05, 4.69) is 26.7 Å². The number of rotatable bonds is 8. The number of methoxy groups -OCH3 is 1. The van der Waals surface area contributed by atoms with E-state index in [-0.39, 0.29) is 0 Å². The molecule has 0 heterocycles. The normalized spacial score (nSPS) is 10.5. The summed E-state index contributed by atoms with van der Waals surface area (Å²) >= 11 is 4.16. The van der Waals surface area contributed by atoms with Crippen molar-refractivity contribution in [2.45, 2.75) is 18.4 Å². The van der Waals surface area contributed by atoms with Gasteiger partial charge in [-0.3, -0.25) is 0 Å². The summed E-state index contributed by atoms with van der Waals surface area (Å²) in [5, 5.41) is 3.20. The highest BCUT2D eigenvalue weighted by molar-refractivity contribution is 9.10. The number of para-hydroxylation sites is 1. The average Bonchev–Trinajstić information content (AvgIpc) is 2.61. The first kappa shape index (κ1) is 18.7. The molecular weight excluding hydrogens is 394 g/mol. The molecule has 2 rings (SSSR count). The van der Waals surface area contributed by atoms with Crippen molar-refractivity contribution >= 4 is 39.3 Å².